The first-order valence-electron chi connectivity index (χ1n) is 5.58. The van der Waals surface area contributed by atoms with Crippen LogP contribution in [0.15, 0.2) is 30.3 Å². The van der Waals surface area contributed by atoms with Crippen LogP contribution in [0.5, 0.6) is 0 Å². The number of para-hydroxylation sites is 1. The molecule has 0 unspecified atom stereocenters. The molecule has 0 radical (unpaired) electrons. The van der Waals surface area contributed by atoms with Gasteiger partial charge in [-0.1, -0.05) is 25.1 Å². The fourth-order valence-electron chi connectivity index (χ4n) is 1.68. The van der Waals surface area contributed by atoms with E-state index in [0.717, 1.165) is 35.2 Å². The average molecular weight is 216 g/mol. The van der Waals surface area contributed by atoms with E-state index in [1.54, 1.807) is 0 Å². The van der Waals surface area contributed by atoms with Gasteiger partial charge in [-0.05, 0) is 18.6 Å². The standard InChI is InChI=1S/C13H16N2O/c1-2-7-14-13-11(9-16)8-10-5-3-4-6-12(10)15-13/h3-6,8,16H,2,7,9H2,1H3,(H,14,15). The number of nitrogens with zero attached hydrogens (tertiary/aromatic N) is 1. The monoisotopic (exact) mass is 216 g/mol. The van der Waals surface area contributed by atoms with Gasteiger partial charge < -0.3 is 10.4 Å². The van der Waals surface area contributed by atoms with E-state index >= 15 is 0 Å². The quantitative estimate of drug-likeness (QED) is 0.825. The lowest BCUT2D eigenvalue weighted by atomic mass is 10.1. The van der Waals surface area contributed by atoms with Crippen molar-refractivity contribution in [3.05, 3.63) is 35.9 Å². The highest BCUT2D eigenvalue weighted by molar-refractivity contribution is 5.81. The summed E-state index contributed by atoms with van der Waals surface area (Å²) in [4.78, 5) is 4.51. The van der Waals surface area contributed by atoms with Gasteiger partial charge >= 0.3 is 0 Å². The maximum Gasteiger partial charge on any atom is 0.132 e. The van der Waals surface area contributed by atoms with Crippen LogP contribution in [0, 0.1) is 0 Å². The van der Waals surface area contributed by atoms with Crippen molar-refractivity contribution < 1.29 is 5.11 Å². The molecule has 0 spiro atoms. The number of rotatable bonds is 4. The van der Waals surface area contributed by atoms with Crippen LogP contribution < -0.4 is 5.32 Å². The van der Waals surface area contributed by atoms with E-state index in [9.17, 15) is 5.11 Å². The Bertz CT molecular complexity index is 482. The van der Waals surface area contributed by atoms with Crippen LogP contribution in [0.3, 0.4) is 0 Å². The minimum atomic E-state index is 0.0177. The second kappa shape index (κ2) is 4.94. The number of benzene rings is 1. The zero-order valence-electron chi connectivity index (χ0n) is 9.40. The van der Waals surface area contributed by atoms with Gasteiger partial charge in [-0.15, -0.1) is 0 Å². The van der Waals surface area contributed by atoms with Gasteiger partial charge in [0.05, 0.1) is 12.1 Å². The van der Waals surface area contributed by atoms with Crippen molar-refractivity contribution in [3.63, 3.8) is 0 Å². The molecule has 2 N–H and O–H groups in total. The van der Waals surface area contributed by atoms with Crippen molar-refractivity contribution in [1.82, 2.24) is 4.98 Å². The molecule has 2 rings (SSSR count). The van der Waals surface area contributed by atoms with Gasteiger partial charge in [0.25, 0.3) is 0 Å². The third kappa shape index (κ3) is 2.14. The summed E-state index contributed by atoms with van der Waals surface area (Å²) in [6.45, 7) is 2.99. The number of nitrogens with one attached hydrogen (secondary N) is 1. The summed E-state index contributed by atoms with van der Waals surface area (Å²) in [5.74, 6) is 0.794. The minimum absolute atomic E-state index is 0.0177. The molecule has 0 aliphatic carbocycles. The molecule has 16 heavy (non-hydrogen) atoms. The molecule has 3 heteroatoms. The topological polar surface area (TPSA) is 45.2 Å². The van der Waals surface area contributed by atoms with E-state index in [1.807, 2.05) is 30.3 Å². The molecule has 0 saturated carbocycles. The van der Waals surface area contributed by atoms with Crippen molar-refractivity contribution in [2.24, 2.45) is 0 Å². The lowest BCUT2D eigenvalue weighted by Crippen LogP contribution is -2.05. The third-order valence-electron chi connectivity index (χ3n) is 2.52. The number of hydrogen-bond donors (Lipinski definition) is 2. The highest BCUT2D eigenvalue weighted by Crippen LogP contribution is 2.20. The van der Waals surface area contributed by atoms with Crippen LogP contribution in [-0.4, -0.2) is 16.6 Å². The number of pyridine rings is 1. The van der Waals surface area contributed by atoms with E-state index in [0.29, 0.717) is 0 Å². The first-order chi connectivity index (χ1) is 7.85. The molecule has 0 saturated heterocycles. The molecular weight excluding hydrogens is 200 g/mol. The van der Waals surface area contributed by atoms with Crippen LogP contribution in [0.1, 0.15) is 18.9 Å². The van der Waals surface area contributed by atoms with Gasteiger partial charge in [0.2, 0.25) is 0 Å². The van der Waals surface area contributed by atoms with E-state index in [2.05, 4.69) is 17.2 Å². The number of fused-ring (bicyclic) bond motifs is 1. The number of anilines is 1. The number of aliphatic hydroxyl groups is 1. The predicted molar refractivity (Wildman–Crippen MR) is 66.4 cm³/mol. The highest BCUT2D eigenvalue weighted by Gasteiger charge is 2.04. The molecule has 1 aromatic heterocycles. The molecule has 84 valence electrons. The normalized spacial score (nSPS) is 10.6. The fourth-order valence-corrected chi connectivity index (χ4v) is 1.68. The predicted octanol–water partition coefficient (Wildman–Crippen LogP) is 2.55. The summed E-state index contributed by atoms with van der Waals surface area (Å²) in [6.07, 6.45) is 1.04. The van der Waals surface area contributed by atoms with Crippen LogP contribution in [0.25, 0.3) is 10.9 Å². The smallest absolute Gasteiger partial charge is 0.132 e. The molecule has 2 aromatic rings. The lowest BCUT2D eigenvalue weighted by Gasteiger charge is -2.10. The maximum atomic E-state index is 9.30. The average Bonchev–Trinajstić information content (AvgIpc) is 2.35. The van der Waals surface area contributed by atoms with Crippen LogP contribution in [0.4, 0.5) is 5.82 Å². The molecule has 0 amide bonds. The molecule has 0 atom stereocenters. The summed E-state index contributed by atoms with van der Waals surface area (Å²) in [7, 11) is 0. The zero-order valence-corrected chi connectivity index (χ0v) is 9.40. The zero-order chi connectivity index (χ0) is 11.4. The van der Waals surface area contributed by atoms with Crippen LogP contribution in [-0.2, 0) is 6.61 Å². The van der Waals surface area contributed by atoms with Crippen molar-refractivity contribution in [1.29, 1.82) is 0 Å². The molecule has 1 heterocycles. The Labute approximate surface area is 95.1 Å². The van der Waals surface area contributed by atoms with Crippen LogP contribution >= 0.6 is 0 Å². The van der Waals surface area contributed by atoms with Crippen molar-refractivity contribution in [2.75, 3.05) is 11.9 Å². The largest absolute Gasteiger partial charge is 0.392 e. The second-order valence-electron chi connectivity index (χ2n) is 3.77. The Morgan fingerprint density at radius 1 is 1.31 bits per heavy atom. The maximum absolute atomic E-state index is 9.30. The third-order valence-corrected chi connectivity index (χ3v) is 2.52. The minimum Gasteiger partial charge on any atom is -0.392 e. The summed E-state index contributed by atoms with van der Waals surface area (Å²) in [6, 6.07) is 9.92. The number of aliphatic hydroxyl groups excluding tert-OH is 1. The van der Waals surface area contributed by atoms with E-state index < -0.39 is 0 Å². The van der Waals surface area contributed by atoms with Crippen molar-refractivity contribution >= 4 is 16.7 Å². The Balaban J connectivity index is 2.45. The summed E-state index contributed by atoms with van der Waals surface area (Å²) in [5, 5.41) is 13.6. The lowest BCUT2D eigenvalue weighted by molar-refractivity contribution is 0.282. The Hall–Kier alpha value is -1.61. The molecule has 0 bridgehead atoms. The van der Waals surface area contributed by atoms with Crippen molar-refractivity contribution in [2.45, 2.75) is 20.0 Å². The van der Waals surface area contributed by atoms with Gasteiger partial charge in [0.15, 0.2) is 0 Å². The number of hydrogen-bond acceptors (Lipinski definition) is 3. The summed E-state index contributed by atoms with van der Waals surface area (Å²) < 4.78 is 0. The highest BCUT2D eigenvalue weighted by atomic mass is 16.3. The van der Waals surface area contributed by atoms with E-state index in [1.165, 1.54) is 0 Å². The second-order valence-corrected chi connectivity index (χ2v) is 3.77. The van der Waals surface area contributed by atoms with E-state index in [-0.39, 0.29) is 6.61 Å². The molecule has 3 nitrogen and oxygen atoms in total. The first-order valence-corrected chi connectivity index (χ1v) is 5.58. The fraction of sp³-hybridized carbons (Fsp3) is 0.308. The SMILES string of the molecule is CCCNc1nc2ccccc2cc1CO. The molecule has 1 aromatic carbocycles. The Morgan fingerprint density at radius 2 is 2.12 bits per heavy atom. The van der Waals surface area contributed by atoms with Gasteiger partial charge in [0, 0.05) is 17.5 Å². The van der Waals surface area contributed by atoms with Gasteiger partial charge in [-0.2, -0.15) is 0 Å². The van der Waals surface area contributed by atoms with Gasteiger partial charge in [-0.3, -0.25) is 0 Å². The van der Waals surface area contributed by atoms with Crippen molar-refractivity contribution in [3.8, 4) is 0 Å². The molecule has 0 aliphatic heterocycles. The number of aromatic nitrogens is 1. The van der Waals surface area contributed by atoms with E-state index in [4.69, 9.17) is 0 Å². The molecule has 0 aliphatic rings. The molecular formula is C13H16N2O. The first kappa shape index (κ1) is 10.9. The summed E-state index contributed by atoms with van der Waals surface area (Å²) >= 11 is 0. The van der Waals surface area contributed by atoms with Gasteiger partial charge in [-0.25, -0.2) is 4.98 Å². The summed E-state index contributed by atoms with van der Waals surface area (Å²) in [5.41, 5.74) is 1.81. The van der Waals surface area contributed by atoms with Gasteiger partial charge in [0.1, 0.15) is 5.82 Å². The van der Waals surface area contributed by atoms with Crippen LogP contribution in [0.2, 0.25) is 0 Å². The molecule has 0 fully saturated rings. The Morgan fingerprint density at radius 3 is 2.88 bits per heavy atom. The Kier molecular flexibility index (Phi) is 3.37.